The molecule has 1 aliphatic heterocycles. The Morgan fingerprint density at radius 2 is 2.00 bits per heavy atom. The first-order chi connectivity index (χ1) is 13.1. The molecule has 27 heavy (non-hydrogen) atoms. The van der Waals surface area contributed by atoms with Gasteiger partial charge in [-0.1, -0.05) is 12.1 Å². The molecule has 0 atom stereocenters. The van der Waals surface area contributed by atoms with E-state index in [2.05, 4.69) is 30.4 Å². The van der Waals surface area contributed by atoms with Crippen molar-refractivity contribution < 1.29 is 9.53 Å². The Bertz CT molecular complexity index is 761. The van der Waals surface area contributed by atoms with Crippen LogP contribution in [0, 0.1) is 0 Å². The lowest BCUT2D eigenvalue weighted by atomic mass is 10.2. The average Bonchev–Trinajstić information content (AvgIpc) is 2.69. The first kappa shape index (κ1) is 19.1. The van der Waals surface area contributed by atoms with Crippen LogP contribution in [0.2, 0.25) is 0 Å². The molecule has 2 aromatic rings. The van der Waals surface area contributed by atoms with E-state index >= 15 is 0 Å². The number of amides is 1. The number of carbonyl (C=O) groups excluding carboxylic acids is 1. The van der Waals surface area contributed by atoms with Gasteiger partial charge < -0.3 is 25.2 Å². The summed E-state index contributed by atoms with van der Waals surface area (Å²) in [6.07, 6.45) is 1.40. The Balaban J connectivity index is 1.69. The van der Waals surface area contributed by atoms with Crippen LogP contribution in [0.4, 0.5) is 17.2 Å². The molecule has 1 aromatic heterocycles. The summed E-state index contributed by atoms with van der Waals surface area (Å²) in [6.45, 7) is 4.61. The molecule has 0 bridgehead atoms. The second-order valence-electron chi connectivity index (χ2n) is 6.59. The summed E-state index contributed by atoms with van der Waals surface area (Å²) in [5, 5.41) is 6.18. The maximum atomic E-state index is 12.7. The number of anilines is 3. The number of likely N-dealkylation sites (N-methyl/N-ethyl adjacent to an activating group) is 1. The summed E-state index contributed by atoms with van der Waals surface area (Å²) in [6, 6.07) is 9.46. The van der Waals surface area contributed by atoms with Crippen molar-refractivity contribution >= 4 is 23.1 Å². The molecule has 1 saturated heterocycles. The minimum atomic E-state index is -0.256. The van der Waals surface area contributed by atoms with Gasteiger partial charge in [0.25, 0.3) is 5.91 Å². The minimum absolute atomic E-state index is 0.256. The standard InChI is InChI=1S/C19H26N6O2/c1-24(2)8-7-20-18-13-16(21-14-22-18)19(26)23-15-5-3-4-6-17(15)25-9-11-27-12-10-25/h3-6,13-14H,7-12H2,1-2H3,(H,23,26)(H,20,21,22). The fourth-order valence-corrected chi connectivity index (χ4v) is 2.83. The number of para-hydroxylation sites is 2. The highest BCUT2D eigenvalue weighted by atomic mass is 16.5. The Kier molecular flexibility index (Phi) is 6.56. The molecule has 0 unspecified atom stereocenters. The van der Waals surface area contributed by atoms with E-state index in [4.69, 9.17) is 4.74 Å². The Hall–Kier alpha value is -2.71. The molecule has 8 nitrogen and oxygen atoms in total. The van der Waals surface area contributed by atoms with Crippen molar-refractivity contribution in [2.75, 3.05) is 69.0 Å². The third kappa shape index (κ3) is 5.38. The van der Waals surface area contributed by atoms with E-state index in [9.17, 15) is 4.79 Å². The Morgan fingerprint density at radius 1 is 1.22 bits per heavy atom. The number of carbonyl (C=O) groups is 1. The monoisotopic (exact) mass is 370 g/mol. The molecule has 0 aliphatic carbocycles. The summed E-state index contributed by atoms with van der Waals surface area (Å²) < 4.78 is 5.42. The van der Waals surface area contributed by atoms with E-state index in [0.29, 0.717) is 24.7 Å². The van der Waals surface area contributed by atoms with Crippen LogP contribution >= 0.6 is 0 Å². The van der Waals surface area contributed by atoms with Crippen LogP contribution in [-0.2, 0) is 4.74 Å². The zero-order valence-corrected chi connectivity index (χ0v) is 15.8. The molecule has 0 radical (unpaired) electrons. The molecule has 8 heteroatoms. The maximum absolute atomic E-state index is 12.7. The molecule has 1 aliphatic rings. The van der Waals surface area contributed by atoms with Gasteiger partial charge in [0, 0.05) is 32.2 Å². The van der Waals surface area contributed by atoms with E-state index in [0.717, 1.165) is 37.6 Å². The van der Waals surface area contributed by atoms with Crippen molar-refractivity contribution in [3.8, 4) is 0 Å². The lowest BCUT2D eigenvalue weighted by Gasteiger charge is -2.30. The van der Waals surface area contributed by atoms with Crippen LogP contribution in [0.1, 0.15) is 10.5 Å². The molecule has 1 aromatic carbocycles. The van der Waals surface area contributed by atoms with Gasteiger partial charge in [0.15, 0.2) is 0 Å². The van der Waals surface area contributed by atoms with Gasteiger partial charge >= 0.3 is 0 Å². The van der Waals surface area contributed by atoms with Crippen molar-refractivity contribution in [2.24, 2.45) is 0 Å². The van der Waals surface area contributed by atoms with Crippen LogP contribution in [0.15, 0.2) is 36.7 Å². The van der Waals surface area contributed by atoms with Crippen LogP contribution < -0.4 is 15.5 Å². The highest BCUT2D eigenvalue weighted by Crippen LogP contribution is 2.26. The van der Waals surface area contributed by atoms with Crippen molar-refractivity contribution in [1.29, 1.82) is 0 Å². The number of morpholine rings is 1. The fourth-order valence-electron chi connectivity index (χ4n) is 2.83. The largest absolute Gasteiger partial charge is 0.378 e. The number of hydrogen-bond acceptors (Lipinski definition) is 7. The third-order valence-electron chi connectivity index (χ3n) is 4.27. The summed E-state index contributed by atoms with van der Waals surface area (Å²) in [4.78, 5) is 25.3. The van der Waals surface area contributed by atoms with Crippen molar-refractivity contribution in [1.82, 2.24) is 14.9 Å². The van der Waals surface area contributed by atoms with Crippen molar-refractivity contribution in [3.63, 3.8) is 0 Å². The molecule has 2 N–H and O–H groups in total. The summed E-state index contributed by atoms with van der Waals surface area (Å²) in [5.74, 6) is 0.382. The molecule has 0 saturated carbocycles. The topological polar surface area (TPSA) is 82.6 Å². The smallest absolute Gasteiger partial charge is 0.274 e. The number of rotatable bonds is 7. The molecule has 2 heterocycles. The zero-order chi connectivity index (χ0) is 19.1. The van der Waals surface area contributed by atoms with Gasteiger partial charge in [-0.15, -0.1) is 0 Å². The maximum Gasteiger partial charge on any atom is 0.274 e. The van der Waals surface area contributed by atoms with Gasteiger partial charge in [-0.05, 0) is 26.2 Å². The van der Waals surface area contributed by atoms with Gasteiger partial charge in [-0.3, -0.25) is 4.79 Å². The summed E-state index contributed by atoms with van der Waals surface area (Å²) >= 11 is 0. The van der Waals surface area contributed by atoms with Gasteiger partial charge in [-0.25, -0.2) is 9.97 Å². The number of ether oxygens (including phenoxy) is 1. The third-order valence-corrected chi connectivity index (χ3v) is 4.27. The van der Waals surface area contributed by atoms with Crippen molar-refractivity contribution in [3.05, 3.63) is 42.4 Å². The molecule has 1 fully saturated rings. The summed E-state index contributed by atoms with van der Waals surface area (Å²) in [7, 11) is 4.01. The van der Waals surface area contributed by atoms with Crippen LogP contribution in [0.25, 0.3) is 0 Å². The van der Waals surface area contributed by atoms with Crippen LogP contribution in [0.3, 0.4) is 0 Å². The average molecular weight is 370 g/mol. The minimum Gasteiger partial charge on any atom is -0.378 e. The molecule has 144 valence electrons. The fraction of sp³-hybridized carbons (Fsp3) is 0.421. The van der Waals surface area contributed by atoms with Crippen LogP contribution in [-0.4, -0.2) is 74.3 Å². The second-order valence-corrected chi connectivity index (χ2v) is 6.59. The Morgan fingerprint density at radius 3 is 2.78 bits per heavy atom. The normalized spacial score (nSPS) is 14.3. The first-order valence-corrected chi connectivity index (χ1v) is 9.07. The van der Waals surface area contributed by atoms with E-state index < -0.39 is 0 Å². The Labute approximate surface area is 159 Å². The first-order valence-electron chi connectivity index (χ1n) is 9.07. The van der Waals surface area contributed by atoms with Gasteiger partial charge in [0.1, 0.15) is 17.8 Å². The number of aromatic nitrogens is 2. The van der Waals surface area contributed by atoms with E-state index in [-0.39, 0.29) is 5.91 Å². The highest BCUT2D eigenvalue weighted by Gasteiger charge is 2.17. The molecule has 0 spiro atoms. The summed E-state index contributed by atoms with van der Waals surface area (Å²) in [5.41, 5.74) is 2.09. The zero-order valence-electron chi connectivity index (χ0n) is 15.8. The predicted octanol–water partition coefficient (Wildman–Crippen LogP) is 1.54. The van der Waals surface area contributed by atoms with Gasteiger partial charge in [0.05, 0.1) is 24.6 Å². The van der Waals surface area contributed by atoms with E-state index in [1.807, 2.05) is 38.4 Å². The van der Waals surface area contributed by atoms with Crippen LogP contribution in [0.5, 0.6) is 0 Å². The second kappa shape index (κ2) is 9.29. The predicted molar refractivity (Wildman–Crippen MR) is 107 cm³/mol. The highest BCUT2D eigenvalue weighted by molar-refractivity contribution is 6.05. The lowest BCUT2D eigenvalue weighted by Crippen LogP contribution is -2.36. The number of nitrogens with one attached hydrogen (secondary N) is 2. The molecular formula is C19H26N6O2. The van der Waals surface area contributed by atoms with E-state index in [1.165, 1.54) is 6.33 Å². The van der Waals surface area contributed by atoms with Gasteiger partial charge in [-0.2, -0.15) is 0 Å². The molecule has 3 rings (SSSR count). The van der Waals surface area contributed by atoms with Crippen molar-refractivity contribution in [2.45, 2.75) is 0 Å². The number of benzene rings is 1. The number of nitrogens with zero attached hydrogens (tertiary/aromatic N) is 4. The van der Waals surface area contributed by atoms with E-state index in [1.54, 1.807) is 6.07 Å². The molecular weight excluding hydrogens is 344 g/mol. The SMILES string of the molecule is CN(C)CCNc1cc(C(=O)Nc2ccccc2N2CCOCC2)ncn1. The van der Waals surface area contributed by atoms with Gasteiger partial charge in [0.2, 0.25) is 0 Å². The molecule has 1 amide bonds. The number of hydrogen-bond donors (Lipinski definition) is 2. The lowest BCUT2D eigenvalue weighted by molar-refractivity contribution is 0.102. The quantitative estimate of drug-likeness (QED) is 0.765.